The highest BCUT2D eigenvalue weighted by Gasteiger charge is 2.16. The molecule has 0 fully saturated rings. The first-order chi connectivity index (χ1) is 14.0. The van der Waals surface area contributed by atoms with Crippen LogP contribution in [0.3, 0.4) is 0 Å². The molecule has 0 aliphatic rings. The Labute approximate surface area is 184 Å². The van der Waals surface area contributed by atoms with Crippen LogP contribution >= 0.6 is 34.2 Å². The summed E-state index contributed by atoms with van der Waals surface area (Å²) < 4.78 is 0. The van der Waals surface area contributed by atoms with Gasteiger partial charge in [0.25, 0.3) is 5.69 Å². The van der Waals surface area contributed by atoms with Gasteiger partial charge in [0.1, 0.15) is 11.6 Å². The lowest BCUT2D eigenvalue weighted by atomic mass is 10.1. The summed E-state index contributed by atoms with van der Waals surface area (Å²) in [7, 11) is 0. The number of hydrogen-bond acceptors (Lipinski definition) is 7. The van der Waals surface area contributed by atoms with Gasteiger partial charge in [-0.05, 0) is 30.1 Å². The van der Waals surface area contributed by atoms with E-state index in [2.05, 4.69) is 53.1 Å². The van der Waals surface area contributed by atoms with Gasteiger partial charge in [0, 0.05) is 23.1 Å². The van der Waals surface area contributed by atoms with E-state index in [1.54, 1.807) is 6.92 Å². The van der Waals surface area contributed by atoms with Crippen LogP contribution in [0.15, 0.2) is 42.5 Å². The zero-order valence-electron chi connectivity index (χ0n) is 15.3. The molecule has 0 unspecified atom stereocenters. The van der Waals surface area contributed by atoms with E-state index in [9.17, 15) is 10.1 Å². The summed E-state index contributed by atoms with van der Waals surface area (Å²) in [5.74, 6) is 1.87. The molecule has 2 heterocycles. The summed E-state index contributed by atoms with van der Waals surface area (Å²) in [6.07, 6.45) is 0. The van der Waals surface area contributed by atoms with Gasteiger partial charge in [-0.1, -0.05) is 46.3 Å². The Hall–Kier alpha value is -2.86. The van der Waals surface area contributed by atoms with E-state index in [1.165, 1.54) is 18.2 Å². The van der Waals surface area contributed by atoms with Gasteiger partial charge in [-0.15, -0.1) is 5.10 Å². The van der Waals surface area contributed by atoms with Crippen LogP contribution in [-0.4, -0.2) is 35.0 Å². The van der Waals surface area contributed by atoms with Gasteiger partial charge in [0.05, 0.1) is 15.5 Å². The number of non-ortho nitro benzene ring substituents is 1. The number of nitro benzene ring substituents is 1. The number of fused-ring (bicyclic) bond motifs is 1. The van der Waals surface area contributed by atoms with Crippen LogP contribution in [0.25, 0.3) is 22.3 Å². The quantitative estimate of drug-likeness (QED) is 0.165. The van der Waals surface area contributed by atoms with E-state index >= 15 is 0 Å². The van der Waals surface area contributed by atoms with Crippen LogP contribution in [0.2, 0.25) is 5.02 Å². The highest BCUT2D eigenvalue weighted by Crippen LogP contribution is 2.32. The predicted octanol–water partition coefficient (Wildman–Crippen LogP) is 5.08. The Morgan fingerprint density at radius 1 is 1.14 bits per heavy atom. The summed E-state index contributed by atoms with van der Waals surface area (Å²) in [6, 6.07) is 11.6. The number of aryl methyl sites for hydroxylation is 1. The topological polar surface area (TPSA) is 123 Å². The van der Waals surface area contributed by atoms with Gasteiger partial charge in [0.2, 0.25) is 5.95 Å². The van der Waals surface area contributed by atoms with Crippen LogP contribution in [0, 0.1) is 17.0 Å². The van der Waals surface area contributed by atoms with Crippen molar-refractivity contribution in [3.8, 4) is 11.4 Å². The summed E-state index contributed by atoms with van der Waals surface area (Å²) in [5, 5.41) is 21.8. The monoisotopic (exact) mass is 523 g/mol. The van der Waals surface area contributed by atoms with Gasteiger partial charge in [-0.25, -0.2) is 9.97 Å². The van der Waals surface area contributed by atoms with Crippen molar-refractivity contribution in [2.75, 3.05) is 10.2 Å². The lowest BCUT2D eigenvalue weighted by Crippen LogP contribution is -2.01. The van der Waals surface area contributed by atoms with Crippen molar-refractivity contribution in [2.45, 2.75) is 6.92 Å². The summed E-state index contributed by atoms with van der Waals surface area (Å²) in [6.45, 7) is 1.79. The molecule has 11 heteroatoms. The molecule has 0 radical (unpaired) electrons. The van der Waals surface area contributed by atoms with Crippen LogP contribution < -0.4 is 5.32 Å². The van der Waals surface area contributed by atoms with E-state index in [0.29, 0.717) is 34.5 Å². The first kappa shape index (κ1) is 20.9. The van der Waals surface area contributed by atoms with Gasteiger partial charge in [-0.3, -0.25) is 15.2 Å². The lowest BCUT2D eigenvalue weighted by Gasteiger charge is -2.10. The number of H-pyrrole nitrogens is 1. The Morgan fingerprint density at radius 2 is 1.90 bits per heavy atom. The van der Waals surface area contributed by atoms with Crippen LogP contribution in [0.4, 0.5) is 17.5 Å². The van der Waals surface area contributed by atoms with E-state index in [0.717, 1.165) is 5.39 Å². The van der Waals surface area contributed by atoms with Gasteiger partial charge >= 0.3 is 0 Å². The third-order valence-corrected chi connectivity index (χ3v) is 4.15. The number of rotatable bonds is 4. The number of anilines is 2. The molecule has 29 heavy (non-hydrogen) atoms. The fourth-order valence-electron chi connectivity index (χ4n) is 2.60. The lowest BCUT2D eigenvalue weighted by molar-refractivity contribution is -0.384. The minimum Gasteiger partial charge on any atom is -0.307 e. The smallest absolute Gasteiger partial charge is 0.270 e. The molecule has 148 valence electrons. The number of halogens is 2. The Morgan fingerprint density at radius 3 is 2.55 bits per heavy atom. The molecule has 0 aliphatic carbocycles. The summed E-state index contributed by atoms with van der Waals surface area (Å²) >= 11 is 8.39. The SMILES string of the molecule is CI.Cc1nc(Nc2nc(-c3ccc([N+](=O)[O-])cc3Cl)nc3ccccc23)n[nH]1. The second kappa shape index (κ2) is 9.09. The normalized spacial score (nSPS) is 10.3. The summed E-state index contributed by atoms with van der Waals surface area (Å²) in [5.41, 5.74) is 1.08. The molecule has 0 spiro atoms. The first-order valence-corrected chi connectivity index (χ1v) is 10.8. The summed E-state index contributed by atoms with van der Waals surface area (Å²) in [4.78, 5) is 25.7. The third-order valence-electron chi connectivity index (χ3n) is 3.84. The number of nitrogens with one attached hydrogen (secondary N) is 2. The number of benzene rings is 2. The van der Waals surface area contributed by atoms with Crippen molar-refractivity contribution < 1.29 is 4.92 Å². The Kier molecular flexibility index (Phi) is 6.54. The number of nitro groups is 1. The van der Waals surface area contributed by atoms with Crippen molar-refractivity contribution in [3.63, 3.8) is 0 Å². The molecule has 9 nitrogen and oxygen atoms in total. The zero-order valence-corrected chi connectivity index (χ0v) is 18.3. The number of alkyl halides is 1. The molecule has 2 aromatic carbocycles. The average Bonchev–Trinajstić information content (AvgIpc) is 3.14. The van der Waals surface area contributed by atoms with E-state index in [-0.39, 0.29) is 10.7 Å². The van der Waals surface area contributed by atoms with Crippen LogP contribution in [0.5, 0.6) is 0 Å². The van der Waals surface area contributed by atoms with Crippen LogP contribution in [0.1, 0.15) is 5.82 Å². The van der Waals surface area contributed by atoms with E-state index < -0.39 is 4.92 Å². The largest absolute Gasteiger partial charge is 0.307 e. The fourth-order valence-corrected chi connectivity index (χ4v) is 2.86. The number of aromatic amines is 1. The highest BCUT2D eigenvalue weighted by atomic mass is 127. The molecule has 2 N–H and O–H groups in total. The Balaban J connectivity index is 0.00000117. The molecule has 0 atom stereocenters. The second-order valence-corrected chi connectivity index (χ2v) is 6.11. The molecule has 0 bridgehead atoms. The number of para-hydroxylation sites is 1. The van der Waals surface area contributed by atoms with Crippen molar-refractivity contribution in [1.29, 1.82) is 0 Å². The molecule has 4 aromatic rings. The maximum atomic E-state index is 10.9. The van der Waals surface area contributed by atoms with E-state index in [1.807, 2.05) is 29.2 Å². The molecule has 4 rings (SSSR count). The standard InChI is InChI=1S/C17H12ClN7O2.CH3I/c1-9-19-17(24-23-9)22-16-12-4-2-3-5-14(12)20-15(21-16)11-7-6-10(25(26)27)8-13(11)18;1-2/h2-8H,1H3,(H2,19,20,21,22,23,24);1H3. The van der Waals surface area contributed by atoms with E-state index in [4.69, 9.17) is 11.6 Å². The molecule has 0 saturated carbocycles. The molecule has 0 saturated heterocycles. The highest BCUT2D eigenvalue weighted by molar-refractivity contribution is 14.1. The second-order valence-electron chi connectivity index (χ2n) is 5.70. The molecule has 0 aliphatic heterocycles. The average molecular weight is 524 g/mol. The minimum absolute atomic E-state index is 0.0981. The van der Waals surface area contributed by atoms with Gasteiger partial charge in [-0.2, -0.15) is 4.98 Å². The number of aromatic nitrogens is 5. The number of nitrogens with zero attached hydrogens (tertiary/aromatic N) is 5. The molecule has 0 amide bonds. The van der Waals surface area contributed by atoms with Gasteiger partial charge in [0.15, 0.2) is 5.82 Å². The van der Waals surface area contributed by atoms with Crippen molar-refractivity contribution in [2.24, 2.45) is 0 Å². The minimum atomic E-state index is -0.504. The van der Waals surface area contributed by atoms with Crippen molar-refractivity contribution in [1.82, 2.24) is 25.1 Å². The zero-order chi connectivity index (χ0) is 21.0. The first-order valence-electron chi connectivity index (χ1n) is 8.26. The molecular weight excluding hydrogens is 509 g/mol. The predicted molar refractivity (Wildman–Crippen MR) is 121 cm³/mol. The third kappa shape index (κ3) is 4.59. The number of hydrogen-bond donors (Lipinski definition) is 2. The van der Waals surface area contributed by atoms with Crippen LogP contribution in [-0.2, 0) is 0 Å². The molecule has 2 aromatic heterocycles. The fraction of sp³-hybridized carbons (Fsp3) is 0.111. The molecular formula is C18H15ClIN7O2. The maximum Gasteiger partial charge on any atom is 0.270 e. The van der Waals surface area contributed by atoms with Crippen molar-refractivity contribution >= 4 is 62.5 Å². The maximum absolute atomic E-state index is 10.9. The van der Waals surface area contributed by atoms with Crippen molar-refractivity contribution in [3.05, 3.63) is 63.4 Å². The van der Waals surface area contributed by atoms with Gasteiger partial charge < -0.3 is 5.32 Å². The Bertz CT molecular complexity index is 1180.